The second-order valence-corrected chi connectivity index (χ2v) is 2.69. The molecular formula is C5H7NSi. The summed E-state index contributed by atoms with van der Waals surface area (Å²) in [4.78, 5) is 3.92. The van der Waals surface area contributed by atoms with Crippen LogP contribution in [0.25, 0.3) is 0 Å². The summed E-state index contributed by atoms with van der Waals surface area (Å²) in [5.74, 6) is 0. The number of hydrogen-bond donors (Lipinski definition) is 0. The van der Waals surface area contributed by atoms with Crippen molar-refractivity contribution in [3.8, 4) is 0 Å². The Morgan fingerprint density at radius 1 is 1.57 bits per heavy atom. The molecule has 1 heterocycles. The van der Waals surface area contributed by atoms with Gasteiger partial charge >= 0.3 is 0 Å². The van der Waals surface area contributed by atoms with Crippen molar-refractivity contribution < 1.29 is 0 Å². The molecule has 36 valence electrons. The molecule has 1 rings (SSSR count). The quantitative estimate of drug-likeness (QED) is 0.392. The normalized spacial score (nSPS) is 9.14. The van der Waals surface area contributed by atoms with Crippen LogP contribution >= 0.6 is 0 Å². The summed E-state index contributed by atoms with van der Waals surface area (Å²) in [5, 5.41) is 1.35. The van der Waals surface area contributed by atoms with E-state index in [-0.39, 0.29) is 0 Å². The van der Waals surface area contributed by atoms with E-state index in [9.17, 15) is 0 Å². The Bertz CT molecular complexity index is 138. The van der Waals surface area contributed by atoms with Crippen molar-refractivity contribution in [2.75, 3.05) is 0 Å². The minimum Gasteiger partial charge on any atom is -0.265 e. The maximum Gasteiger partial charge on any atom is 0.0405 e. The van der Waals surface area contributed by atoms with Gasteiger partial charge in [-0.2, -0.15) is 0 Å². The van der Waals surface area contributed by atoms with Crippen molar-refractivity contribution in [3.63, 3.8) is 0 Å². The maximum atomic E-state index is 3.92. The zero-order valence-corrected chi connectivity index (χ0v) is 6.26. The maximum absolute atomic E-state index is 3.92. The van der Waals surface area contributed by atoms with Gasteiger partial charge in [0.1, 0.15) is 0 Å². The summed E-state index contributed by atoms with van der Waals surface area (Å²) in [6.07, 6.45) is 3.69. The first-order chi connectivity index (χ1) is 3.39. The van der Waals surface area contributed by atoms with Gasteiger partial charge in [-0.25, -0.2) is 0 Å². The van der Waals surface area contributed by atoms with E-state index in [1.165, 1.54) is 5.19 Å². The highest BCUT2D eigenvalue weighted by molar-refractivity contribution is 6.31. The number of rotatable bonds is 0. The van der Waals surface area contributed by atoms with Gasteiger partial charge in [0.2, 0.25) is 0 Å². The molecule has 2 heteroatoms. The molecule has 1 aromatic heterocycles. The first-order valence-corrected chi connectivity index (χ1v) is 3.26. The average Bonchev–Trinajstić information content (AvgIpc) is 1.69. The zero-order valence-electron chi connectivity index (χ0n) is 4.26. The van der Waals surface area contributed by atoms with Crippen LogP contribution in [0.15, 0.2) is 24.5 Å². The van der Waals surface area contributed by atoms with Crippen LogP contribution in [-0.2, 0) is 0 Å². The van der Waals surface area contributed by atoms with Crippen LogP contribution in [0.3, 0.4) is 0 Å². The minimum absolute atomic E-state index is 1.11. The Morgan fingerprint density at radius 2 is 2.43 bits per heavy atom. The minimum atomic E-state index is 1.11. The number of hydrogen-bond acceptors (Lipinski definition) is 1. The SMILES string of the molecule is [SiH3]c1cccnc1. The third-order valence-electron chi connectivity index (χ3n) is 0.809. The summed E-state index contributed by atoms with van der Waals surface area (Å²) in [5.41, 5.74) is 0. The van der Waals surface area contributed by atoms with Gasteiger partial charge in [0.15, 0.2) is 0 Å². The van der Waals surface area contributed by atoms with Crippen molar-refractivity contribution in [3.05, 3.63) is 24.5 Å². The van der Waals surface area contributed by atoms with Crippen molar-refractivity contribution in [1.29, 1.82) is 0 Å². The molecule has 0 aliphatic heterocycles. The molecule has 0 amide bonds. The summed E-state index contributed by atoms with van der Waals surface area (Å²) in [6, 6.07) is 4.04. The number of nitrogens with zero attached hydrogens (tertiary/aromatic N) is 1. The molecule has 0 aliphatic carbocycles. The van der Waals surface area contributed by atoms with Crippen molar-refractivity contribution >= 4 is 15.4 Å². The highest BCUT2D eigenvalue weighted by Gasteiger charge is 1.73. The number of pyridine rings is 1. The molecule has 0 fully saturated rings. The van der Waals surface area contributed by atoms with Crippen molar-refractivity contribution in [1.82, 2.24) is 4.98 Å². The topological polar surface area (TPSA) is 12.9 Å². The van der Waals surface area contributed by atoms with E-state index < -0.39 is 0 Å². The molecule has 7 heavy (non-hydrogen) atoms. The Balaban J connectivity index is 3.02. The lowest BCUT2D eigenvalue weighted by molar-refractivity contribution is 1.35. The molecule has 0 saturated heterocycles. The van der Waals surface area contributed by atoms with Gasteiger partial charge in [-0.15, -0.1) is 0 Å². The van der Waals surface area contributed by atoms with Crippen LogP contribution in [0.4, 0.5) is 0 Å². The predicted molar refractivity (Wildman–Crippen MR) is 33.8 cm³/mol. The van der Waals surface area contributed by atoms with Gasteiger partial charge in [-0.3, -0.25) is 4.98 Å². The standard InChI is InChI=1S/C5H7NSi/c7-5-2-1-3-6-4-5/h1-4H,7H3. The third-order valence-corrected chi connectivity index (χ3v) is 1.40. The smallest absolute Gasteiger partial charge is 0.0405 e. The first-order valence-electron chi connectivity index (χ1n) is 2.26. The highest BCUT2D eigenvalue weighted by atomic mass is 28.1. The van der Waals surface area contributed by atoms with Crippen LogP contribution < -0.4 is 5.19 Å². The summed E-state index contributed by atoms with van der Waals surface area (Å²) in [6.45, 7) is 0. The fraction of sp³-hybridized carbons (Fsp3) is 0. The lowest BCUT2D eigenvalue weighted by atomic mass is 10.5. The lowest BCUT2D eigenvalue weighted by Gasteiger charge is -1.82. The molecule has 0 bridgehead atoms. The molecule has 0 N–H and O–H groups in total. The van der Waals surface area contributed by atoms with Crippen LogP contribution in [0.2, 0.25) is 0 Å². The largest absolute Gasteiger partial charge is 0.265 e. The molecule has 0 aromatic carbocycles. The van der Waals surface area contributed by atoms with E-state index >= 15 is 0 Å². The molecule has 0 spiro atoms. The third kappa shape index (κ3) is 1.12. The molecule has 1 nitrogen and oxygen atoms in total. The van der Waals surface area contributed by atoms with Crippen LogP contribution in [0.1, 0.15) is 0 Å². The second-order valence-electron chi connectivity index (χ2n) is 1.53. The van der Waals surface area contributed by atoms with E-state index in [1.54, 1.807) is 6.20 Å². The lowest BCUT2D eigenvalue weighted by Crippen LogP contribution is -1.99. The Kier molecular flexibility index (Phi) is 1.22. The predicted octanol–water partition coefficient (Wildman–Crippen LogP) is -0.928. The highest BCUT2D eigenvalue weighted by Crippen LogP contribution is 1.70. The molecule has 0 saturated carbocycles. The van der Waals surface area contributed by atoms with Gasteiger partial charge in [0.25, 0.3) is 0 Å². The Morgan fingerprint density at radius 3 is 2.71 bits per heavy atom. The molecular weight excluding hydrogens is 102 g/mol. The molecule has 1 aromatic rings. The molecule has 0 radical (unpaired) electrons. The van der Waals surface area contributed by atoms with Crippen LogP contribution in [-0.4, -0.2) is 15.2 Å². The Hall–Kier alpha value is -0.633. The monoisotopic (exact) mass is 109 g/mol. The first kappa shape index (κ1) is 4.52. The Labute approximate surface area is 45.8 Å². The fourth-order valence-electron chi connectivity index (χ4n) is 0.448. The second kappa shape index (κ2) is 1.89. The van der Waals surface area contributed by atoms with Crippen LogP contribution in [0, 0.1) is 0 Å². The fourth-order valence-corrected chi connectivity index (χ4v) is 0.790. The number of aromatic nitrogens is 1. The van der Waals surface area contributed by atoms with Crippen molar-refractivity contribution in [2.45, 2.75) is 0 Å². The van der Waals surface area contributed by atoms with Gasteiger partial charge in [0.05, 0.1) is 0 Å². The summed E-state index contributed by atoms with van der Waals surface area (Å²) < 4.78 is 0. The molecule has 0 atom stereocenters. The van der Waals surface area contributed by atoms with Gasteiger partial charge in [0, 0.05) is 22.6 Å². The van der Waals surface area contributed by atoms with Gasteiger partial charge in [-0.05, 0) is 6.07 Å². The van der Waals surface area contributed by atoms with Crippen molar-refractivity contribution in [2.24, 2.45) is 0 Å². The molecule has 0 aliphatic rings. The van der Waals surface area contributed by atoms with E-state index in [2.05, 4.69) is 11.1 Å². The zero-order chi connectivity index (χ0) is 5.11. The van der Waals surface area contributed by atoms with E-state index in [0.717, 1.165) is 10.2 Å². The van der Waals surface area contributed by atoms with Gasteiger partial charge in [-0.1, -0.05) is 11.3 Å². The summed E-state index contributed by atoms with van der Waals surface area (Å²) >= 11 is 0. The average molecular weight is 109 g/mol. The van der Waals surface area contributed by atoms with Crippen LogP contribution in [0.5, 0.6) is 0 Å². The van der Waals surface area contributed by atoms with E-state index in [0.29, 0.717) is 0 Å². The summed E-state index contributed by atoms with van der Waals surface area (Å²) in [7, 11) is 1.11. The molecule has 0 unspecified atom stereocenters. The van der Waals surface area contributed by atoms with Gasteiger partial charge < -0.3 is 0 Å². The van der Waals surface area contributed by atoms with E-state index in [4.69, 9.17) is 0 Å². The van der Waals surface area contributed by atoms with E-state index in [1.807, 2.05) is 12.3 Å².